The third-order valence-electron chi connectivity index (χ3n) is 3.82. The topological polar surface area (TPSA) is 15.3 Å². The van der Waals surface area contributed by atoms with Gasteiger partial charge in [0.15, 0.2) is 0 Å². The van der Waals surface area contributed by atoms with Crippen molar-refractivity contribution in [3.05, 3.63) is 34.3 Å². The molecule has 118 valence electrons. The average molecular weight is 365 g/mol. The summed E-state index contributed by atoms with van der Waals surface area (Å²) in [5.74, 6) is 0. The Morgan fingerprint density at radius 3 is 2.57 bits per heavy atom. The Bertz CT molecular complexity index is 456. The molecule has 0 unspecified atom stereocenters. The molecular weight excluding hydrogens is 345 g/mol. The van der Waals surface area contributed by atoms with E-state index in [4.69, 9.17) is 0 Å². The molecule has 1 aromatic rings. The molecule has 0 spiro atoms. The predicted octanol–water partition coefficient (Wildman–Crippen LogP) is 4.13. The summed E-state index contributed by atoms with van der Waals surface area (Å²) in [5.41, 5.74) is 1.18. The highest BCUT2D eigenvalue weighted by Crippen LogP contribution is 2.22. The maximum absolute atomic E-state index is 12.3. The molecule has 1 aliphatic rings. The van der Waals surface area contributed by atoms with Gasteiger partial charge in [-0.15, -0.1) is 0 Å². The average Bonchev–Trinajstić information content (AvgIpc) is 2.39. The molecule has 0 bridgehead atoms. The van der Waals surface area contributed by atoms with Crippen LogP contribution in [0.25, 0.3) is 0 Å². The van der Waals surface area contributed by atoms with Gasteiger partial charge >= 0.3 is 6.18 Å². The van der Waals surface area contributed by atoms with E-state index in [0.717, 1.165) is 17.3 Å². The van der Waals surface area contributed by atoms with Gasteiger partial charge in [0.25, 0.3) is 0 Å². The van der Waals surface area contributed by atoms with Gasteiger partial charge < -0.3 is 5.32 Å². The summed E-state index contributed by atoms with van der Waals surface area (Å²) in [4.78, 5) is 1.49. The number of alkyl halides is 3. The van der Waals surface area contributed by atoms with Gasteiger partial charge in [0, 0.05) is 16.6 Å². The fourth-order valence-electron chi connectivity index (χ4n) is 2.74. The molecule has 21 heavy (non-hydrogen) atoms. The van der Waals surface area contributed by atoms with Gasteiger partial charge in [0.05, 0.1) is 6.54 Å². The Labute approximate surface area is 131 Å². The van der Waals surface area contributed by atoms with Crippen molar-refractivity contribution in [2.45, 2.75) is 38.0 Å². The third-order valence-corrected chi connectivity index (χ3v) is 4.32. The van der Waals surface area contributed by atoms with Crippen LogP contribution in [0.2, 0.25) is 0 Å². The van der Waals surface area contributed by atoms with Gasteiger partial charge in [-0.2, -0.15) is 13.2 Å². The maximum Gasteiger partial charge on any atom is 0.401 e. The summed E-state index contributed by atoms with van der Waals surface area (Å²) in [6.07, 6.45) is -2.58. The molecular formula is C15H20BrF3N2. The summed E-state index contributed by atoms with van der Waals surface area (Å²) in [6, 6.07) is 8.57. The molecule has 0 saturated carbocycles. The van der Waals surface area contributed by atoms with Gasteiger partial charge in [-0.05, 0) is 50.6 Å². The summed E-state index contributed by atoms with van der Waals surface area (Å²) < 4.78 is 38.1. The Morgan fingerprint density at radius 1 is 1.33 bits per heavy atom. The molecule has 2 nitrogen and oxygen atoms in total. The summed E-state index contributed by atoms with van der Waals surface area (Å²) in [6.45, 7) is 2.30. The lowest BCUT2D eigenvalue weighted by Crippen LogP contribution is -2.46. The quantitative estimate of drug-likeness (QED) is 0.863. The summed E-state index contributed by atoms with van der Waals surface area (Å²) in [5, 5.41) is 3.52. The minimum absolute atomic E-state index is 0.196. The molecule has 6 heteroatoms. The van der Waals surface area contributed by atoms with Gasteiger partial charge in [0.1, 0.15) is 0 Å². The van der Waals surface area contributed by atoms with E-state index in [0.29, 0.717) is 13.1 Å². The molecule has 1 saturated heterocycles. The van der Waals surface area contributed by atoms with Crippen LogP contribution in [-0.2, 0) is 0 Å². The van der Waals surface area contributed by atoms with Crippen molar-refractivity contribution in [3.8, 4) is 0 Å². The molecule has 1 fully saturated rings. The van der Waals surface area contributed by atoms with Crippen LogP contribution in [0.3, 0.4) is 0 Å². The number of nitrogens with zero attached hydrogens (tertiary/aromatic N) is 1. The largest absolute Gasteiger partial charge is 0.401 e. The van der Waals surface area contributed by atoms with E-state index in [9.17, 15) is 13.2 Å². The highest BCUT2D eigenvalue weighted by molar-refractivity contribution is 9.10. The Balaban J connectivity index is 1.81. The van der Waals surface area contributed by atoms with Crippen LogP contribution in [0.1, 0.15) is 31.4 Å². The predicted molar refractivity (Wildman–Crippen MR) is 81.2 cm³/mol. The summed E-state index contributed by atoms with van der Waals surface area (Å²) >= 11 is 3.45. The normalized spacial score (nSPS) is 19.7. The van der Waals surface area contributed by atoms with Gasteiger partial charge in [0.2, 0.25) is 0 Å². The van der Waals surface area contributed by atoms with E-state index in [2.05, 4.69) is 40.3 Å². The standard InChI is InChI=1S/C15H20BrF3N2/c1-11(12-3-2-4-13(16)9-12)20-14-5-7-21(8-6-14)10-15(17,18)19/h2-4,9,11,14,20H,5-8,10H2,1H3/t11-/m1/s1. The van der Waals surface area contributed by atoms with Crippen molar-refractivity contribution in [1.29, 1.82) is 0 Å². The Hall–Kier alpha value is -0.590. The van der Waals surface area contributed by atoms with Crippen LogP contribution in [0.15, 0.2) is 28.7 Å². The lowest BCUT2D eigenvalue weighted by molar-refractivity contribution is -0.148. The third kappa shape index (κ3) is 5.60. The van der Waals surface area contributed by atoms with Gasteiger partial charge in [-0.1, -0.05) is 28.1 Å². The van der Waals surface area contributed by atoms with E-state index in [-0.39, 0.29) is 12.1 Å². The zero-order valence-electron chi connectivity index (χ0n) is 12.0. The van der Waals surface area contributed by atoms with E-state index in [1.54, 1.807) is 0 Å². The van der Waals surface area contributed by atoms with Crippen molar-refractivity contribution in [3.63, 3.8) is 0 Å². The van der Waals surface area contributed by atoms with E-state index in [1.807, 2.05) is 12.1 Å². The molecule has 1 N–H and O–H groups in total. The summed E-state index contributed by atoms with van der Waals surface area (Å²) in [7, 11) is 0. The van der Waals surface area contributed by atoms with Crippen LogP contribution < -0.4 is 5.32 Å². The molecule has 0 aromatic heterocycles. The molecule has 0 radical (unpaired) electrons. The second-order valence-corrected chi connectivity index (χ2v) is 6.52. The minimum Gasteiger partial charge on any atom is -0.307 e. The lowest BCUT2D eigenvalue weighted by Gasteiger charge is -2.34. The number of hydrogen-bond donors (Lipinski definition) is 1. The first-order chi connectivity index (χ1) is 9.83. The van der Waals surface area contributed by atoms with Crippen LogP contribution in [0.4, 0.5) is 13.2 Å². The fourth-order valence-corrected chi connectivity index (χ4v) is 3.15. The molecule has 1 atom stereocenters. The molecule has 0 amide bonds. The smallest absolute Gasteiger partial charge is 0.307 e. The second-order valence-electron chi connectivity index (χ2n) is 5.61. The van der Waals surface area contributed by atoms with Crippen molar-refractivity contribution in [2.75, 3.05) is 19.6 Å². The first-order valence-electron chi connectivity index (χ1n) is 7.14. The zero-order valence-corrected chi connectivity index (χ0v) is 13.5. The number of rotatable bonds is 4. The first kappa shape index (κ1) is 16.8. The van der Waals surface area contributed by atoms with Crippen LogP contribution in [-0.4, -0.2) is 36.8 Å². The second kappa shape index (κ2) is 7.11. The van der Waals surface area contributed by atoms with Gasteiger partial charge in [-0.3, -0.25) is 4.90 Å². The number of halogens is 4. The molecule has 1 aromatic carbocycles. The van der Waals surface area contributed by atoms with E-state index >= 15 is 0 Å². The molecule has 1 aliphatic heterocycles. The highest BCUT2D eigenvalue weighted by Gasteiger charge is 2.32. The number of likely N-dealkylation sites (tertiary alicyclic amines) is 1. The Kier molecular flexibility index (Phi) is 5.68. The highest BCUT2D eigenvalue weighted by atomic mass is 79.9. The van der Waals surface area contributed by atoms with Crippen molar-refractivity contribution in [1.82, 2.24) is 10.2 Å². The molecule has 2 rings (SSSR count). The van der Waals surface area contributed by atoms with Crippen molar-refractivity contribution >= 4 is 15.9 Å². The van der Waals surface area contributed by atoms with Crippen molar-refractivity contribution < 1.29 is 13.2 Å². The molecule has 1 heterocycles. The van der Waals surface area contributed by atoms with Crippen LogP contribution in [0, 0.1) is 0 Å². The number of nitrogens with one attached hydrogen (secondary N) is 1. The SMILES string of the molecule is C[C@@H](NC1CCN(CC(F)(F)F)CC1)c1cccc(Br)c1. The number of hydrogen-bond acceptors (Lipinski definition) is 2. The van der Waals surface area contributed by atoms with Gasteiger partial charge in [-0.25, -0.2) is 0 Å². The molecule has 0 aliphatic carbocycles. The lowest BCUT2D eigenvalue weighted by atomic mass is 10.0. The monoisotopic (exact) mass is 364 g/mol. The van der Waals surface area contributed by atoms with Crippen LogP contribution in [0.5, 0.6) is 0 Å². The minimum atomic E-state index is -4.09. The Morgan fingerprint density at radius 2 is 2.00 bits per heavy atom. The number of piperidine rings is 1. The fraction of sp³-hybridized carbons (Fsp3) is 0.600. The van der Waals surface area contributed by atoms with E-state index < -0.39 is 12.7 Å². The zero-order chi connectivity index (χ0) is 15.5. The van der Waals surface area contributed by atoms with E-state index in [1.165, 1.54) is 10.5 Å². The first-order valence-corrected chi connectivity index (χ1v) is 7.93. The number of benzene rings is 1. The maximum atomic E-state index is 12.3. The van der Waals surface area contributed by atoms with Crippen molar-refractivity contribution in [2.24, 2.45) is 0 Å². The van der Waals surface area contributed by atoms with Crippen LogP contribution >= 0.6 is 15.9 Å².